The van der Waals surface area contributed by atoms with Gasteiger partial charge in [0.15, 0.2) is 0 Å². The van der Waals surface area contributed by atoms with Crippen molar-refractivity contribution >= 4 is 0 Å². The van der Waals surface area contributed by atoms with Gasteiger partial charge in [0.2, 0.25) is 0 Å². The Labute approximate surface area is 88.2 Å². The van der Waals surface area contributed by atoms with E-state index >= 15 is 0 Å². The third kappa shape index (κ3) is 2.83. The van der Waals surface area contributed by atoms with Gasteiger partial charge in [0.1, 0.15) is 18.1 Å². The van der Waals surface area contributed by atoms with Crippen molar-refractivity contribution in [3.63, 3.8) is 0 Å². The Morgan fingerprint density at radius 3 is 3.13 bits per heavy atom. The van der Waals surface area contributed by atoms with E-state index in [1.165, 1.54) is 12.5 Å². The second-order valence-electron chi connectivity index (χ2n) is 3.83. The summed E-state index contributed by atoms with van der Waals surface area (Å²) in [6.07, 6.45) is 2.34. The van der Waals surface area contributed by atoms with E-state index in [4.69, 9.17) is 9.15 Å². The maximum atomic E-state index is 11.0. The minimum atomic E-state index is -0.357. The minimum absolute atomic E-state index is 0.357. The van der Waals surface area contributed by atoms with Crippen LogP contribution in [0.3, 0.4) is 0 Å². The lowest BCUT2D eigenvalue weighted by atomic mass is 10.2. The summed E-state index contributed by atoms with van der Waals surface area (Å²) in [6, 6.07) is 3.52. The van der Waals surface area contributed by atoms with E-state index in [0.29, 0.717) is 24.2 Å². The molecule has 1 fully saturated rings. The first-order valence-electron chi connectivity index (χ1n) is 5.22. The highest BCUT2D eigenvalue weighted by molar-refractivity contribution is 5.19. The van der Waals surface area contributed by atoms with Crippen LogP contribution < -0.4 is 15.7 Å². The standard InChI is InChI=1S/C11H15NO3/c1-8-5-10(6-11(13)15-8)14-7-9-3-2-4-12-9/h5-6,9,12H,2-4,7H2,1H3. The maximum absolute atomic E-state index is 11.0. The fourth-order valence-electron chi connectivity index (χ4n) is 1.75. The van der Waals surface area contributed by atoms with Crippen LogP contribution in [-0.2, 0) is 0 Å². The highest BCUT2D eigenvalue weighted by atomic mass is 16.5. The molecule has 0 spiro atoms. The molecule has 1 aliphatic heterocycles. The van der Waals surface area contributed by atoms with Crippen molar-refractivity contribution in [2.45, 2.75) is 25.8 Å². The molecule has 2 rings (SSSR count). The molecule has 0 radical (unpaired) electrons. The Morgan fingerprint density at radius 2 is 2.47 bits per heavy atom. The van der Waals surface area contributed by atoms with Gasteiger partial charge in [-0.1, -0.05) is 0 Å². The number of nitrogens with one attached hydrogen (secondary N) is 1. The van der Waals surface area contributed by atoms with Crippen LogP contribution in [0, 0.1) is 6.92 Å². The Balaban J connectivity index is 1.95. The molecule has 15 heavy (non-hydrogen) atoms. The van der Waals surface area contributed by atoms with Crippen molar-refractivity contribution in [3.05, 3.63) is 28.3 Å². The van der Waals surface area contributed by atoms with Gasteiger partial charge in [-0.15, -0.1) is 0 Å². The molecule has 0 aromatic carbocycles. The predicted molar refractivity (Wildman–Crippen MR) is 56.2 cm³/mol. The van der Waals surface area contributed by atoms with Crippen LogP contribution in [0.15, 0.2) is 21.3 Å². The molecule has 0 aliphatic carbocycles. The Bertz CT molecular complexity index is 380. The third-order valence-electron chi connectivity index (χ3n) is 2.48. The van der Waals surface area contributed by atoms with Crippen LogP contribution >= 0.6 is 0 Å². The van der Waals surface area contributed by atoms with Crippen LogP contribution in [-0.4, -0.2) is 19.2 Å². The first-order chi connectivity index (χ1) is 7.24. The van der Waals surface area contributed by atoms with E-state index < -0.39 is 0 Å². The molecule has 0 amide bonds. The van der Waals surface area contributed by atoms with E-state index in [0.717, 1.165) is 13.0 Å². The van der Waals surface area contributed by atoms with Gasteiger partial charge in [-0.25, -0.2) is 4.79 Å². The molecular weight excluding hydrogens is 194 g/mol. The fourth-order valence-corrected chi connectivity index (χ4v) is 1.75. The molecule has 1 atom stereocenters. The maximum Gasteiger partial charge on any atom is 0.339 e. The monoisotopic (exact) mass is 209 g/mol. The molecule has 1 unspecified atom stereocenters. The molecule has 82 valence electrons. The summed E-state index contributed by atoms with van der Waals surface area (Å²) in [5, 5.41) is 3.33. The van der Waals surface area contributed by atoms with Crippen LogP contribution in [0.4, 0.5) is 0 Å². The van der Waals surface area contributed by atoms with Crippen molar-refractivity contribution in [3.8, 4) is 5.75 Å². The van der Waals surface area contributed by atoms with Gasteiger partial charge >= 0.3 is 5.63 Å². The topological polar surface area (TPSA) is 51.5 Å². The van der Waals surface area contributed by atoms with Crippen LogP contribution in [0.25, 0.3) is 0 Å². The summed E-state index contributed by atoms with van der Waals surface area (Å²) in [6.45, 7) is 3.41. The first-order valence-corrected chi connectivity index (χ1v) is 5.22. The quantitative estimate of drug-likeness (QED) is 0.809. The molecule has 4 heteroatoms. The molecule has 1 N–H and O–H groups in total. The van der Waals surface area contributed by atoms with Gasteiger partial charge in [0.25, 0.3) is 0 Å². The smallest absolute Gasteiger partial charge is 0.339 e. The van der Waals surface area contributed by atoms with Gasteiger partial charge in [-0.2, -0.15) is 0 Å². The average molecular weight is 209 g/mol. The molecule has 4 nitrogen and oxygen atoms in total. The van der Waals surface area contributed by atoms with Crippen molar-refractivity contribution in [2.24, 2.45) is 0 Å². The van der Waals surface area contributed by atoms with E-state index in [2.05, 4.69) is 5.32 Å². The molecule has 0 bridgehead atoms. The summed E-state index contributed by atoms with van der Waals surface area (Å²) in [5.41, 5.74) is -0.357. The zero-order valence-corrected chi connectivity index (χ0v) is 8.79. The van der Waals surface area contributed by atoms with E-state index in [-0.39, 0.29) is 5.63 Å². The fraction of sp³-hybridized carbons (Fsp3) is 0.545. The predicted octanol–water partition coefficient (Wildman–Crippen LogP) is 1.08. The Morgan fingerprint density at radius 1 is 1.60 bits per heavy atom. The second kappa shape index (κ2) is 4.49. The number of hydrogen-bond donors (Lipinski definition) is 1. The molecule has 1 aromatic rings. The van der Waals surface area contributed by atoms with E-state index in [9.17, 15) is 4.79 Å². The van der Waals surface area contributed by atoms with Crippen LogP contribution in [0.2, 0.25) is 0 Å². The van der Waals surface area contributed by atoms with Gasteiger partial charge in [-0.3, -0.25) is 0 Å². The number of aryl methyl sites for hydroxylation is 1. The SMILES string of the molecule is Cc1cc(OCC2CCCN2)cc(=O)o1. The summed E-state index contributed by atoms with van der Waals surface area (Å²) in [4.78, 5) is 11.0. The third-order valence-corrected chi connectivity index (χ3v) is 2.48. The lowest BCUT2D eigenvalue weighted by Crippen LogP contribution is -2.28. The van der Waals surface area contributed by atoms with Crippen molar-refractivity contribution in [1.82, 2.24) is 5.32 Å². The average Bonchev–Trinajstić information content (AvgIpc) is 2.65. The second-order valence-corrected chi connectivity index (χ2v) is 3.83. The van der Waals surface area contributed by atoms with E-state index in [1.807, 2.05) is 0 Å². The highest BCUT2D eigenvalue weighted by Gasteiger charge is 2.14. The normalized spacial score (nSPS) is 20.5. The molecule has 0 saturated carbocycles. The molecular formula is C11H15NO3. The molecule has 1 saturated heterocycles. The summed E-state index contributed by atoms with van der Waals surface area (Å²) >= 11 is 0. The first kappa shape index (κ1) is 10.2. The van der Waals surface area contributed by atoms with Crippen LogP contribution in [0.1, 0.15) is 18.6 Å². The van der Waals surface area contributed by atoms with Crippen LogP contribution in [0.5, 0.6) is 5.75 Å². The minimum Gasteiger partial charge on any atom is -0.492 e. The lowest BCUT2D eigenvalue weighted by Gasteiger charge is -2.11. The zero-order chi connectivity index (χ0) is 10.7. The summed E-state index contributed by atoms with van der Waals surface area (Å²) in [5.74, 6) is 1.18. The molecule has 2 heterocycles. The van der Waals surface area contributed by atoms with E-state index in [1.54, 1.807) is 13.0 Å². The highest BCUT2D eigenvalue weighted by Crippen LogP contribution is 2.12. The summed E-state index contributed by atoms with van der Waals surface area (Å²) in [7, 11) is 0. The lowest BCUT2D eigenvalue weighted by molar-refractivity contribution is 0.273. The molecule has 1 aromatic heterocycles. The van der Waals surface area contributed by atoms with Crippen molar-refractivity contribution < 1.29 is 9.15 Å². The number of hydrogen-bond acceptors (Lipinski definition) is 4. The van der Waals surface area contributed by atoms with Gasteiger partial charge in [-0.05, 0) is 26.3 Å². The zero-order valence-electron chi connectivity index (χ0n) is 8.79. The van der Waals surface area contributed by atoms with Crippen molar-refractivity contribution in [2.75, 3.05) is 13.2 Å². The summed E-state index contributed by atoms with van der Waals surface area (Å²) < 4.78 is 10.4. The largest absolute Gasteiger partial charge is 0.492 e. The van der Waals surface area contributed by atoms with Gasteiger partial charge in [0, 0.05) is 12.1 Å². The van der Waals surface area contributed by atoms with Crippen molar-refractivity contribution in [1.29, 1.82) is 0 Å². The van der Waals surface area contributed by atoms with Gasteiger partial charge < -0.3 is 14.5 Å². The number of rotatable bonds is 3. The molecule has 1 aliphatic rings. The Kier molecular flexibility index (Phi) is 3.06. The Hall–Kier alpha value is -1.29. The number of ether oxygens (including phenoxy) is 1. The van der Waals surface area contributed by atoms with Gasteiger partial charge in [0.05, 0.1) is 6.07 Å².